The minimum atomic E-state index is 1.10. The van der Waals surface area contributed by atoms with E-state index in [0.29, 0.717) is 0 Å². The smallest absolute Gasteiger partial charge is 0.0741 e. The summed E-state index contributed by atoms with van der Waals surface area (Å²) in [6.07, 6.45) is 23.0. The maximum absolute atomic E-state index is 1.58. The van der Waals surface area contributed by atoms with E-state index in [9.17, 15) is 0 Å². The molecule has 0 spiro atoms. The van der Waals surface area contributed by atoms with Gasteiger partial charge in [-0.2, -0.15) is 0 Å². The molecule has 0 amide bonds. The Morgan fingerprint density at radius 2 is 1.06 bits per heavy atom. The fourth-order valence-corrected chi connectivity index (χ4v) is 4.02. The maximum Gasteiger partial charge on any atom is 0.140 e. The number of hydrogen-bond acceptors (Lipinski definition) is 0. The fourth-order valence-electron chi connectivity index (χ4n) is 4.02. The van der Waals surface area contributed by atoms with Crippen molar-refractivity contribution in [2.75, 3.05) is 0 Å². The van der Waals surface area contributed by atoms with Gasteiger partial charge < -0.3 is 0 Å². The molecule has 0 unspecified atom stereocenters. The summed E-state index contributed by atoms with van der Waals surface area (Å²) in [5.41, 5.74) is 0. The monoisotopic (exact) mass is 234 g/mol. The fraction of sp³-hybridized carbons (Fsp3) is 1.00. The molecule has 2 fully saturated rings. The predicted octanol–water partition coefficient (Wildman–Crippen LogP) is 5.81. The molecule has 98 valence electrons. The second kappa shape index (κ2) is 8.22. The molecule has 0 bridgehead atoms. The highest BCUT2D eigenvalue weighted by Crippen LogP contribution is 2.30. The zero-order valence-corrected chi connectivity index (χ0v) is 11.8. The van der Waals surface area contributed by atoms with Gasteiger partial charge in [0.1, 0.15) is 6.71 Å². The zero-order chi connectivity index (χ0) is 11.8. The van der Waals surface area contributed by atoms with Gasteiger partial charge in [0.05, 0.1) is 0 Å². The average molecular weight is 234 g/mol. The Kier molecular flexibility index (Phi) is 6.52. The summed E-state index contributed by atoms with van der Waals surface area (Å²) in [6, 6.07) is 0. The summed E-state index contributed by atoms with van der Waals surface area (Å²) in [7, 11) is 0. The minimum absolute atomic E-state index is 1.10. The van der Waals surface area contributed by atoms with Gasteiger partial charge in [-0.25, -0.2) is 0 Å². The van der Waals surface area contributed by atoms with Crippen LogP contribution in [-0.2, 0) is 0 Å². The van der Waals surface area contributed by atoms with E-state index in [4.69, 9.17) is 0 Å². The first kappa shape index (κ1) is 13.5. The van der Waals surface area contributed by atoms with Crippen molar-refractivity contribution < 1.29 is 0 Å². The molecule has 0 aromatic rings. The lowest BCUT2D eigenvalue weighted by Gasteiger charge is -2.24. The van der Waals surface area contributed by atoms with E-state index in [1.54, 1.807) is 31.8 Å². The van der Waals surface area contributed by atoms with Gasteiger partial charge in [0.2, 0.25) is 0 Å². The topological polar surface area (TPSA) is 0 Å². The van der Waals surface area contributed by atoms with Crippen LogP contribution in [-0.4, -0.2) is 6.71 Å². The normalized spacial score (nSPS) is 25.8. The molecule has 0 N–H and O–H groups in total. The first-order valence-electron chi connectivity index (χ1n) is 8.45. The third-order valence-corrected chi connectivity index (χ3v) is 5.12. The first-order chi connectivity index (χ1) is 8.45. The molecule has 2 aliphatic rings. The van der Waals surface area contributed by atoms with Crippen LogP contribution in [0.25, 0.3) is 0 Å². The van der Waals surface area contributed by atoms with E-state index < -0.39 is 0 Å². The maximum atomic E-state index is 1.58. The summed E-state index contributed by atoms with van der Waals surface area (Å²) in [5.74, 6) is 1.10. The first-order valence-corrected chi connectivity index (χ1v) is 8.45. The summed E-state index contributed by atoms with van der Waals surface area (Å²) in [6.45, 7) is 1.10. The van der Waals surface area contributed by atoms with Crippen LogP contribution in [0.15, 0.2) is 0 Å². The van der Waals surface area contributed by atoms with Crippen LogP contribution in [0.2, 0.25) is 19.0 Å². The third-order valence-electron chi connectivity index (χ3n) is 5.12. The van der Waals surface area contributed by atoms with Gasteiger partial charge in [0.15, 0.2) is 0 Å². The minimum Gasteiger partial charge on any atom is -0.0741 e. The van der Waals surface area contributed by atoms with Gasteiger partial charge >= 0.3 is 0 Å². The van der Waals surface area contributed by atoms with Crippen LogP contribution in [0.5, 0.6) is 0 Å². The van der Waals surface area contributed by atoms with Crippen LogP contribution in [0.4, 0.5) is 0 Å². The Bertz CT molecular complexity index is 154. The molecule has 0 radical (unpaired) electrons. The molecule has 0 nitrogen and oxygen atoms in total. The van der Waals surface area contributed by atoms with Crippen molar-refractivity contribution >= 4 is 6.71 Å². The Morgan fingerprint density at radius 3 is 1.65 bits per heavy atom. The van der Waals surface area contributed by atoms with Crippen LogP contribution >= 0.6 is 0 Å². The lowest BCUT2D eigenvalue weighted by molar-refractivity contribution is 0.400. The third kappa shape index (κ3) is 5.49. The zero-order valence-electron chi connectivity index (χ0n) is 11.8. The molecule has 1 aliphatic heterocycles. The summed E-state index contributed by atoms with van der Waals surface area (Å²) in [5, 5.41) is 0. The van der Waals surface area contributed by atoms with Crippen molar-refractivity contribution in [3.63, 3.8) is 0 Å². The van der Waals surface area contributed by atoms with E-state index >= 15 is 0 Å². The molecule has 0 aromatic carbocycles. The van der Waals surface area contributed by atoms with Crippen molar-refractivity contribution in [3.05, 3.63) is 0 Å². The van der Waals surface area contributed by atoms with Crippen LogP contribution in [0.3, 0.4) is 0 Å². The number of hydrogen-bond donors (Lipinski definition) is 0. The second-order valence-electron chi connectivity index (χ2n) is 6.66. The molecule has 0 atom stereocenters. The van der Waals surface area contributed by atoms with Crippen LogP contribution in [0.1, 0.15) is 77.0 Å². The highest BCUT2D eigenvalue weighted by Gasteiger charge is 2.20. The van der Waals surface area contributed by atoms with Crippen molar-refractivity contribution in [2.24, 2.45) is 5.92 Å². The standard InChI is InChI=1S/C16H31B/c1-3-7-11-16(12-8-4-1)15-17-13-9-5-2-6-10-14-17/h16H,1-15H2. The van der Waals surface area contributed by atoms with E-state index in [1.165, 1.54) is 64.2 Å². The van der Waals surface area contributed by atoms with Crippen molar-refractivity contribution in [3.8, 4) is 0 Å². The quantitative estimate of drug-likeness (QED) is 0.529. The summed E-state index contributed by atoms with van der Waals surface area (Å²) in [4.78, 5) is 0. The van der Waals surface area contributed by atoms with Crippen molar-refractivity contribution in [2.45, 2.75) is 96.0 Å². The van der Waals surface area contributed by atoms with Gasteiger partial charge in [-0.1, -0.05) is 96.0 Å². The highest BCUT2D eigenvalue weighted by atomic mass is 14.1. The summed E-state index contributed by atoms with van der Waals surface area (Å²) >= 11 is 0. The summed E-state index contributed by atoms with van der Waals surface area (Å²) < 4.78 is 0. The van der Waals surface area contributed by atoms with Crippen LogP contribution < -0.4 is 0 Å². The molecule has 1 heteroatoms. The lowest BCUT2D eigenvalue weighted by atomic mass is 9.39. The Balaban J connectivity index is 1.72. The lowest BCUT2D eigenvalue weighted by Crippen LogP contribution is -2.19. The van der Waals surface area contributed by atoms with Crippen molar-refractivity contribution in [1.29, 1.82) is 0 Å². The molecule has 2 rings (SSSR count). The Hall–Kier alpha value is 0.0649. The van der Waals surface area contributed by atoms with E-state index in [2.05, 4.69) is 0 Å². The molecule has 0 aromatic heterocycles. The molecular weight excluding hydrogens is 203 g/mol. The van der Waals surface area contributed by atoms with Gasteiger partial charge in [-0.3, -0.25) is 0 Å². The molecular formula is C16H31B. The average Bonchev–Trinajstić information content (AvgIpc) is 2.24. The van der Waals surface area contributed by atoms with Gasteiger partial charge in [0, 0.05) is 0 Å². The molecule has 1 aliphatic carbocycles. The van der Waals surface area contributed by atoms with E-state index in [1.807, 2.05) is 0 Å². The molecule has 17 heavy (non-hydrogen) atoms. The second-order valence-corrected chi connectivity index (χ2v) is 6.66. The van der Waals surface area contributed by atoms with E-state index in [0.717, 1.165) is 12.6 Å². The largest absolute Gasteiger partial charge is 0.140 e. The highest BCUT2D eigenvalue weighted by molar-refractivity contribution is 6.58. The van der Waals surface area contributed by atoms with Crippen molar-refractivity contribution in [1.82, 2.24) is 0 Å². The Labute approximate surface area is 109 Å². The number of rotatable bonds is 2. The van der Waals surface area contributed by atoms with Gasteiger partial charge in [-0.05, 0) is 5.92 Å². The molecule has 1 saturated heterocycles. The predicted molar refractivity (Wildman–Crippen MR) is 79.1 cm³/mol. The Morgan fingerprint density at radius 1 is 0.588 bits per heavy atom. The molecule has 1 heterocycles. The van der Waals surface area contributed by atoms with Gasteiger partial charge in [-0.15, -0.1) is 0 Å². The van der Waals surface area contributed by atoms with Crippen LogP contribution in [0, 0.1) is 5.92 Å². The van der Waals surface area contributed by atoms with Gasteiger partial charge in [0.25, 0.3) is 0 Å². The van der Waals surface area contributed by atoms with E-state index in [-0.39, 0.29) is 0 Å². The molecule has 1 saturated carbocycles. The SMILES string of the molecule is C1CCCB(CC2CCCCCCC2)CCC1.